The van der Waals surface area contributed by atoms with Crippen LogP contribution in [-0.4, -0.2) is 17.0 Å². The molecule has 14 heavy (non-hydrogen) atoms. The molecular formula is C11H12Cl2O. The van der Waals surface area contributed by atoms with Crippen molar-refractivity contribution < 1.29 is 4.79 Å². The van der Waals surface area contributed by atoms with Crippen molar-refractivity contribution in [2.24, 2.45) is 0 Å². The standard InChI is InChI=1S/C11H12Cl2O/c1-8-2-4-9(5-3-8)11(14)10(13)6-7-12/h2-5,10H,6-7H2,1H3. The number of halogens is 2. The predicted octanol–water partition coefficient (Wildman–Crippen LogP) is 3.41. The molecule has 3 heteroatoms. The van der Waals surface area contributed by atoms with Crippen molar-refractivity contribution in [1.82, 2.24) is 0 Å². The fourth-order valence-electron chi connectivity index (χ4n) is 1.13. The van der Waals surface area contributed by atoms with Crippen molar-refractivity contribution in [3.8, 4) is 0 Å². The lowest BCUT2D eigenvalue weighted by Gasteiger charge is -2.06. The van der Waals surface area contributed by atoms with Gasteiger partial charge >= 0.3 is 0 Å². The number of ketones is 1. The topological polar surface area (TPSA) is 17.1 Å². The Morgan fingerprint density at radius 2 is 1.93 bits per heavy atom. The summed E-state index contributed by atoms with van der Waals surface area (Å²) in [7, 11) is 0. The second-order valence-corrected chi connectivity index (χ2v) is 4.08. The summed E-state index contributed by atoms with van der Waals surface area (Å²) in [5.41, 5.74) is 1.78. The fourth-order valence-corrected chi connectivity index (χ4v) is 1.69. The van der Waals surface area contributed by atoms with Gasteiger partial charge in [0.05, 0.1) is 5.38 Å². The second-order valence-electron chi connectivity index (χ2n) is 3.18. The first-order valence-corrected chi connectivity index (χ1v) is 5.43. The van der Waals surface area contributed by atoms with E-state index in [1.165, 1.54) is 0 Å². The Balaban J connectivity index is 2.74. The minimum Gasteiger partial charge on any atom is -0.293 e. The molecular weight excluding hydrogens is 219 g/mol. The molecule has 1 rings (SSSR count). The predicted molar refractivity (Wildman–Crippen MR) is 60.5 cm³/mol. The minimum atomic E-state index is -0.504. The van der Waals surface area contributed by atoms with E-state index in [0.717, 1.165) is 5.56 Å². The molecule has 1 aromatic carbocycles. The van der Waals surface area contributed by atoms with Gasteiger partial charge in [-0.3, -0.25) is 4.79 Å². The molecule has 0 spiro atoms. The Kier molecular flexibility index (Phi) is 4.43. The van der Waals surface area contributed by atoms with E-state index in [2.05, 4.69) is 0 Å². The van der Waals surface area contributed by atoms with Crippen LogP contribution in [0.25, 0.3) is 0 Å². The highest BCUT2D eigenvalue weighted by atomic mass is 35.5. The summed E-state index contributed by atoms with van der Waals surface area (Å²) in [5.74, 6) is 0.360. The van der Waals surface area contributed by atoms with Crippen molar-refractivity contribution in [1.29, 1.82) is 0 Å². The van der Waals surface area contributed by atoms with Gasteiger partial charge in [0.2, 0.25) is 0 Å². The highest BCUT2D eigenvalue weighted by Gasteiger charge is 2.15. The third-order valence-corrected chi connectivity index (χ3v) is 2.62. The van der Waals surface area contributed by atoms with Crippen molar-refractivity contribution in [3.05, 3.63) is 35.4 Å². The molecule has 0 amide bonds. The highest BCUT2D eigenvalue weighted by Crippen LogP contribution is 2.13. The van der Waals surface area contributed by atoms with E-state index < -0.39 is 5.38 Å². The molecule has 1 aromatic rings. The Hall–Kier alpha value is -0.530. The van der Waals surface area contributed by atoms with Crippen molar-refractivity contribution >= 4 is 29.0 Å². The maximum absolute atomic E-state index is 11.7. The van der Waals surface area contributed by atoms with Gasteiger partial charge < -0.3 is 0 Å². The first kappa shape index (κ1) is 11.5. The first-order chi connectivity index (χ1) is 6.65. The van der Waals surface area contributed by atoms with E-state index in [0.29, 0.717) is 17.9 Å². The van der Waals surface area contributed by atoms with Gasteiger partial charge in [-0.2, -0.15) is 0 Å². The molecule has 0 aliphatic heterocycles. The average molecular weight is 231 g/mol. The first-order valence-electron chi connectivity index (χ1n) is 4.46. The van der Waals surface area contributed by atoms with Gasteiger partial charge in [0, 0.05) is 11.4 Å². The van der Waals surface area contributed by atoms with Crippen LogP contribution in [0.4, 0.5) is 0 Å². The highest BCUT2D eigenvalue weighted by molar-refractivity contribution is 6.34. The van der Waals surface area contributed by atoms with E-state index in [1.807, 2.05) is 19.1 Å². The summed E-state index contributed by atoms with van der Waals surface area (Å²) in [6.45, 7) is 1.98. The van der Waals surface area contributed by atoms with Crippen LogP contribution in [0.5, 0.6) is 0 Å². The number of Topliss-reactive ketones (excluding diaryl/α,β-unsaturated/α-hetero) is 1. The third-order valence-electron chi connectivity index (χ3n) is 1.98. The van der Waals surface area contributed by atoms with Crippen LogP contribution in [-0.2, 0) is 0 Å². The number of aryl methyl sites for hydroxylation is 1. The molecule has 0 saturated carbocycles. The summed E-state index contributed by atoms with van der Waals surface area (Å²) in [4.78, 5) is 11.7. The molecule has 0 saturated heterocycles. The van der Waals surface area contributed by atoms with Crippen LogP contribution in [0.1, 0.15) is 22.3 Å². The molecule has 0 N–H and O–H groups in total. The summed E-state index contributed by atoms with van der Waals surface area (Å²) in [6.07, 6.45) is 0.510. The molecule has 0 heterocycles. The van der Waals surface area contributed by atoms with E-state index in [4.69, 9.17) is 23.2 Å². The number of rotatable bonds is 4. The Morgan fingerprint density at radius 3 is 2.43 bits per heavy atom. The molecule has 0 aliphatic carbocycles. The molecule has 0 aromatic heterocycles. The lowest BCUT2D eigenvalue weighted by Crippen LogP contribution is -2.15. The smallest absolute Gasteiger partial charge is 0.180 e. The molecule has 0 bridgehead atoms. The number of carbonyl (C=O) groups is 1. The number of benzene rings is 1. The summed E-state index contributed by atoms with van der Waals surface area (Å²) in [5, 5.41) is -0.504. The maximum Gasteiger partial charge on any atom is 0.180 e. The quantitative estimate of drug-likeness (QED) is 0.573. The normalized spacial score (nSPS) is 12.5. The van der Waals surface area contributed by atoms with Gasteiger partial charge in [-0.15, -0.1) is 23.2 Å². The number of carbonyl (C=O) groups excluding carboxylic acids is 1. The monoisotopic (exact) mass is 230 g/mol. The van der Waals surface area contributed by atoms with Crippen molar-refractivity contribution in [2.45, 2.75) is 18.7 Å². The molecule has 1 unspecified atom stereocenters. The van der Waals surface area contributed by atoms with Crippen LogP contribution in [0, 0.1) is 6.92 Å². The second kappa shape index (κ2) is 5.38. The zero-order valence-corrected chi connectivity index (χ0v) is 9.48. The Bertz CT molecular complexity index is 306. The van der Waals surface area contributed by atoms with Gasteiger partial charge in [0.25, 0.3) is 0 Å². The SMILES string of the molecule is Cc1ccc(C(=O)C(Cl)CCCl)cc1. The molecule has 1 nitrogen and oxygen atoms in total. The van der Waals surface area contributed by atoms with Gasteiger partial charge in [-0.05, 0) is 13.3 Å². The number of hydrogen-bond acceptors (Lipinski definition) is 1. The van der Waals surface area contributed by atoms with E-state index in [-0.39, 0.29) is 5.78 Å². The fraction of sp³-hybridized carbons (Fsp3) is 0.364. The third kappa shape index (κ3) is 3.00. The van der Waals surface area contributed by atoms with Crippen molar-refractivity contribution in [3.63, 3.8) is 0 Å². The van der Waals surface area contributed by atoms with Crippen LogP contribution >= 0.6 is 23.2 Å². The molecule has 76 valence electrons. The number of alkyl halides is 2. The zero-order valence-electron chi connectivity index (χ0n) is 7.97. The molecule has 1 atom stereocenters. The van der Waals surface area contributed by atoms with E-state index >= 15 is 0 Å². The average Bonchev–Trinajstić information content (AvgIpc) is 2.18. The van der Waals surface area contributed by atoms with Crippen LogP contribution in [0.15, 0.2) is 24.3 Å². The minimum absolute atomic E-state index is 0.0488. The summed E-state index contributed by atoms with van der Waals surface area (Å²) >= 11 is 11.4. The lowest BCUT2D eigenvalue weighted by molar-refractivity contribution is 0.0986. The van der Waals surface area contributed by atoms with Gasteiger partial charge in [-0.25, -0.2) is 0 Å². The lowest BCUT2D eigenvalue weighted by atomic mass is 10.1. The molecule has 0 aliphatic rings. The summed E-state index contributed by atoms with van der Waals surface area (Å²) in [6, 6.07) is 7.39. The van der Waals surface area contributed by atoms with Crippen molar-refractivity contribution in [2.75, 3.05) is 5.88 Å². The molecule has 0 fully saturated rings. The van der Waals surface area contributed by atoms with E-state index in [9.17, 15) is 4.79 Å². The van der Waals surface area contributed by atoms with Crippen LogP contribution in [0.3, 0.4) is 0 Å². The maximum atomic E-state index is 11.7. The summed E-state index contributed by atoms with van der Waals surface area (Å²) < 4.78 is 0. The Morgan fingerprint density at radius 1 is 1.36 bits per heavy atom. The Labute approximate surface area is 94.0 Å². The number of hydrogen-bond donors (Lipinski definition) is 0. The van der Waals surface area contributed by atoms with Crippen LogP contribution in [0.2, 0.25) is 0 Å². The van der Waals surface area contributed by atoms with Crippen LogP contribution < -0.4 is 0 Å². The largest absolute Gasteiger partial charge is 0.293 e. The zero-order chi connectivity index (χ0) is 10.6. The van der Waals surface area contributed by atoms with Gasteiger partial charge in [0.1, 0.15) is 0 Å². The van der Waals surface area contributed by atoms with E-state index in [1.54, 1.807) is 12.1 Å². The van der Waals surface area contributed by atoms with Gasteiger partial charge in [-0.1, -0.05) is 29.8 Å². The van der Waals surface area contributed by atoms with Gasteiger partial charge in [0.15, 0.2) is 5.78 Å². The molecule has 0 radical (unpaired) electrons.